The summed E-state index contributed by atoms with van der Waals surface area (Å²) in [6.45, 7) is 4.95. The van der Waals surface area contributed by atoms with Crippen LogP contribution in [0.4, 0.5) is 0 Å². The van der Waals surface area contributed by atoms with Crippen LogP contribution in [0.1, 0.15) is 45.4 Å². The van der Waals surface area contributed by atoms with Gasteiger partial charge in [0.15, 0.2) is 0 Å². The maximum Gasteiger partial charge on any atom is 0.0110 e. The van der Waals surface area contributed by atoms with Crippen molar-refractivity contribution in [1.29, 1.82) is 0 Å². The molecule has 2 fully saturated rings. The van der Waals surface area contributed by atoms with Crippen LogP contribution in [-0.4, -0.2) is 37.1 Å². The Bertz CT molecular complexity index is 189. The molecule has 1 N–H and O–H groups in total. The minimum absolute atomic E-state index is 0.775. The molecule has 2 unspecified atom stereocenters. The fourth-order valence-corrected chi connectivity index (χ4v) is 2.93. The number of hydrogen-bond donors (Lipinski definition) is 1. The molecule has 2 heteroatoms. The number of nitrogens with zero attached hydrogens (tertiary/aromatic N) is 1. The number of nitrogens with one attached hydrogen (secondary N) is 1. The molecular weight excluding hydrogens is 184 g/mol. The monoisotopic (exact) mass is 210 g/mol. The molecule has 0 aromatic heterocycles. The summed E-state index contributed by atoms with van der Waals surface area (Å²) in [5.41, 5.74) is 0. The minimum atomic E-state index is 0.775. The van der Waals surface area contributed by atoms with E-state index in [1.165, 1.54) is 51.6 Å². The van der Waals surface area contributed by atoms with Gasteiger partial charge in [-0.1, -0.05) is 13.3 Å². The lowest BCUT2D eigenvalue weighted by molar-refractivity contribution is 0.142. The first-order valence-corrected chi connectivity index (χ1v) is 6.74. The van der Waals surface area contributed by atoms with Crippen LogP contribution < -0.4 is 5.32 Å². The Kier molecular flexibility index (Phi) is 4.04. The molecule has 0 heterocycles. The SMILES string of the molecule is CCN(CC1CC1)C1CCCC(NC)C1. The van der Waals surface area contributed by atoms with Gasteiger partial charge in [-0.15, -0.1) is 0 Å². The lowest BCUT2D eigenvalue weighted by atomic mass is 9.90. The lowest BCUT2D eigenvalue weighted by Crippen LogP contribution is -2.44. The fraction of sp³-hybridized carbons (Fsp3) is 1.00. The van der Waals surface area contributed by atoms with Crippen LogP contribution in [0.15, 0.2) is 0 Å². The van der Waals surface area contributed by atoms with Crippen molar-refractivity contribution < 1.29 is 0 Å². The minimum Gasteiger partial charge on any atom is -0.317 e. The van der Waals surface area contributed by atoms with Crippen LogP contribution >= 0.6 is 0 Å². The first-order chi connectivity index (χ1) is 7.33. The van der Waals surface area contributed by atoms with Crippen molar-refractivity contribution in [2.45, 2.75) is 57.5 Å². The third kappa shape index (κ3) is 3.18. The van der Waals surface area contributed by atoms with E-state index >= 15 is 0 Å². The van der Waals surface area contributed by atoms with Gasteiger partial charge in [0.2, 0.25) is 0 Å². The summed E-state index contributed by atoms with van der Waals surface area (Å²) in [7, 11) is 2.12. The van der Waals surface area contributed by atoms with Crippen molar-refractivity contribution in [3.05, 3.63) is 0 Å². The summed E-state index contributed by atoms with van der Waals surface area (Å²) in [6, 6.07) is 1.64. The quantitative estimate of drug-likeness (QED) is 0.749. The van der Waals surface area contributed by atoms with Gasteiger partial charge in [0.05, 0.1) is 0 Å². The molecule has 0 saturated heterocycles. The summed E-state index contributed by atoms with van der Waals surface area (Å²) in [5.74, 6) is 1.04. The second-order valence-electron chi connectivity index (χ2n) is 5.34. The topological polar surface area (TPSA) is 15.3 Å². The van der Waals surface area contributed by atoms with Crippen LogP contribution in [0.25, 0.3) is 0 Å². The van der Waals surface area contributed by atoms with Gasteiger partial charge in [0.1, 0.15) is 0 Å². The molecule has 88 valence electrons. The van der Waals surface area contributed by atoms with Crippen LogP contribution in [0.3, 0.4) is 0 Å². The molecule has 2 rings (SSSR count). The average Bonchev–Trinajstić information content (AvgIpc) is 3.10. The highest BCUT2D eigenvalue weighted by atomic mass is 15.2. The third-order valence-corrected chi connectivity index (χ3v) is 4.17. The molecule has 2 aliphatic rings. The molecular formula is C13H26N2. The smallest absolute Gasteiger partial charge is 0.0110 e. The molecule has 2 aliphatic carbocycles. The zero-order valence-corrected chi connectivity index (χ0v) is 10.3. The van der Waals surface area contributed by atoms with Crippen molar-refractivity contribution in [1.82, 2.24) is 10.2 Å². The largest absolute Gasteiger partial charge is 0.317 e. The van der Waals surface area contributed by atoms with Crippen LogP contribution in [0, 0.1) is 5.92 Å². The first-order valence-electron chi connectivity index (χ1n) is 6.74. The van der Waals surface area contributed by atoms with E-state index < -0.39 is 0 Å². The zero-order valence-electron chi connectivity index (χ0n) is 10.3. The summed E-state index contributed by atoms with van der Waals surface area (Å²) in [6.07, 6.45) is 8.57. The van der Waals surface area contributed by atoms with Crippen LogP contribution in [0.2, 0.25) is 0 Å². The molecule has 0 bridgehead atoms. The molecule has 0 amide bonds. The average molecular weight is 210 g/mol. The van der Waals surface area contributed by atoms with Gasteiger partial charge in [-0.25, -0.2) is 0 Å². The summed E-state index contributed by atoms with van der Waals surface area (Å²) in [5, 5.41) is 3.46. The van der Waals surface area contributed by atoms with Crippen molar-refractivity contribution in [2.75, 3.05) is 20.1 Å². The Morgan fingerprint density at radius 3 is 2.60 bits per heavy atom. The molecule has 2 nitrogen and oxygen atoms in total. The van der Waals surface area contributed by atoms with Gasteiger partial charge in [0, 0.05) is 18.6 Å². The molecule has 0 aliphatic heterocycles. The Hall–Kier alpha value is -0.0800. The zero-order chi connectivity index (χ0) is 10.7. The molecule has 0 radical (unpaired) electrons. The van der Waals surface area contributed by atoms with Gasteiger partial charge in [-0.2, -0.15) is 0 Å². The Balaban J connectivity index is 1.82. The predicted molar refractivity (Wildman–Crippen MR) is 65.1 cm³/mol. The molecule has 0 spiro atoms. The molecule has 0 aromatic carbocycles. The first kappa shape index (κ1) is 11.4. The fourth-order valence-electron chi connectivity index (χ4n) is 2.93. The van der Waals surface area contributed by atoms with Gasteiger partial charge in [-0.3, -0.25) is 0 Å². The van der Waals surface area contributed by atoms with Crippen molar-refractivity contribution >= 4 is 0 Å². The molecule has 2 saturated carbocycles. The van der Waals surface area contributed by atoms with Crippen LogP contribution in [-0.2, 0) is 0 Å². The Morgan fingerprint density at radius 1 is 1.20 bits per heavy atom. The van der Waals surface area contributed by atoms with E-state index in [4.69, 9.17) is 0 Å². The summed E-state index contributed by atoms with van der Waals surface area (Å²) >= 11 is 0. The van der Waals surface area contributed by atoms with E-state index in [-0.39, 0.29) is 0 Å². The van der Waals surface area contributed by atoms with Gasteiger partial charge < -0.3 is 10.2 Å². The Labute approximate surface area is 94.4 Å². The van der Waals surface area contributed by atoms with E-state index in [1.54, 1.807) is 0 Å². The second-order valence-corrected chi connectivity index (χ2v) is 5.34. The van der Waals surface area contributed by atoms with E-state index in [9.17, 15) is 0 Å². The summed E-state index contributed by atoms with van der Waals surface area (Å²) in [4.78, 5) is 2.74. The highest BCUT2D eigenvalue weighted by molar-refractivity contribution is 4.86. The van der Waals surface area contributed by atoms with Crippen molar-refractivity contribution in [3.63, 3.8) is 0 Å². The van der Waals surface area contributed by atoms with E-state index in [2.05, 4.69) is 24.2 Å². The maximum absolute atomic E-state index is 3.46. The maximum atomic E-state index is 3.46. The van der Waals surface area contributed by atoms with Gasteiger partial charge >= 0.3 is 0 Å². The van der Waals surface area contributed by atoms with Gasteiger partial charge in [-0.05, 0) is 51.6 Å². The summed E-state index contributed by atoms with van der Waals surface area (Å²) < 4.78 is 0. The molecule has 0 aromatic rings. The number of rotatable bonds is 5. The highest BCUT2D eigenvalue weighted by Crippen LogP contribution is 2.32. The van der Waals surface area contributed by atoms with Crippen molar-refractivity contribution in [2.24, 2.45) is 5.92 Å². The van der Waals surface area contributed by atoms with E-state index in [0.717, 1.165) is 18.0 Å². The number of hydrogen-bond acceptors (Lipinski definition) is 2. The van der Waals surface area contributed by atoms with E-state index in [0.29, 0.717) is 0 Å². The Morgan fingerprint density at radius 2 is 2.00 bits per heavy atom. The predicted octanol–water partition coefficient (Wildman–Crippen LogP) is 2.25. The third-order valence-electron chi connectivity index (χ3n) is 4.17. The second kappa shape index (κ2) is 5.31. The van der Waals surface area contributed by atoms with Crippen LogP contribution in [0.5, 0.6) is 0 Å². The standard InChI is InChI=1S/C13H26N2/c1-3-15(10-11-7-8-11)13-6-4-5-12(9-13)14-2/h11-14H,3-10H2,1-2H3. The molecule has 15 heavy (non-hydrogen) atoms. The normalized spacial score (nSPS) is 32.2. The van der Waals surface area contributed by atoms with Gasteiger partial charge in [0.25, 0.3) is 0 Å². The molecule has 2 atom stereocenters. The van der Waals surface area contributed by atoms with E-state index in [1.807, 2.05) is 0 Å². The lowest BCUT2D eigenvalue weighted by Gasteiger charge is -2.37. The highest BCUT2D eigenvalue weighted by Gasteiger charge is 2.29. The van der Waals surface area contributed by atoms with Crippen molar-refractivity contribution in [3.8, 4) is 0 Å².